The van der Waals surface area contributed by atoms with Gasteiger partial charge in [-0.05, 0) is 36.8 Å². The van der Waals surface area contributed by atoms with Crippen LogP contribution < -0.4 is 10.6 Å². The van der Waals surface area contributed by atoms with E-state index in [2.05, 4.69) is 17.0 Å². The van der Waals surface area contributed by atoms with E-state index in [1.165, 1.54) is 11.3 Å². The molecule has 2 nitrogen and oxygen atoms in total. The number of hydrogen-bond acceptors (Lipinski definition) is 2. The molecule has 2 rings (SSSR count). The fourth-order valence-corrected chi connectivity index (χ4v) is 1.53. The van der Waals surface area contributed by atoms with Crippen molar-refractivity contribution in [3.63, 3.8) is 0 Å². The molecule has 0 spiro atoms. The predicted octanol–water partition coefficient (Wildman–Crippen LogP) is 4.05. The standard InChI is InChI=1S/C9H11N.C8H11N/c1-2-3-8-4-6-9(10)7-5-8;1-9(2)8-6-4-3-5-7-8/h2-7H,10H2,1H3;3-7H,1-2H3. The molecule has 0 bridgehead atoms. The van der Waals surface area contributed by atoms with E-state index < -0.39 is 0 Å². The third kappa shape index (κ3) is 5.77. The van der Waals surface area contributed by atoms with Gasteiger partial charge in [0.15, 0.2) is 0 Å². The quantitative estimate of drug-likeness (QED) is 0.819. The highest BCUT2D eigenvalue weighted by Gasteiger charge is 1.87. The van der Waals surface area contributed by atoms with E-state index in [1.807, 2.05) is 75.6 Å². The topological polar surface area (TPSA) is 29.3 Å². The summed E-state index contributed by atoms with van der Waals surface area (Å²) in [4.78, 5) is 2.08. The van der Waals surface area contributed by atoms with E-state index in [0.29, 0.717) is 0 Å². The largest absolute Gasteiger partial charge is 0.399 e. The van der Waals surface area contributed by atoms with E-state index in [4.69, 9.17) is 5.73 Å². The van der Waals surface area contributed by atoms with Gasteiger partial charge in [-0.25, -0.2) is 0 Å². The highest BCUT2D eigenvalue weighted by Crippen LogP contribution is 2.07. The van der Waals surface area contributed by atoms with Crippen molar-refractivity contribution in [3.05, 3.63) is 66.2 Å². The maximum Gasteiger partial charge on any atom is 0.0360 e. The zero-order chi connectivity index (χ0) is 14.1. The van der Waals surface area contributed by atoms with Crippen molar-refractivity contribution >= 4 is 17.5 Å². The number of nitrogens with zero attached hydrogens (tertiary/aromatic N) is 1. The summed E-state index contributed by atoms with van der Waals surface area (Å²) >= 11 is 0. The van der Waals surface area contributed by atoms with Gasteiger partial charge in [-0.15, -0.1) is 0 Å². The van der Waals surface area contributed by atoms with E-state index in [-0.39, 0.29) is 0 Å². The SMILES string of the molecule is CC=Cc1ccc(N)cc1.CN(C)c1ccccc1. The van der Waals surface area contributed by atoms with Gasteiger partial charge in [-0.3, -0.25) is 0 Å². The van der Waals surface area contributed by atoms with Crippen LogP contribution in [0.15, 0.2) is 60.7 Å². The Morgan fingerprint density at radius 2 is 1.47 bits per heavy atom. The van der Waals surface area contributed by atoms with Gasteiger partial charge in [0.2, 0.25) is 0 Å². The molecule has 100 valence electrons. The Hall–Kier alpha value is -2.22. The molecule has 0 amide bonds. The average Bonchev–Trinajstić information content (AvgIpc) is 2.43. The Morgan fingerprint density at radius 1 is 0.895 bits per heavy atom. The molecule has 2 aromatic rings. The lowest BCUT2D eigenvalue weighted by Crippen LogP contribution is -2.07. The first kappa shape index (κ1) is 14.8. The van der Waals surface area contributed by atoms with Crippen molar-refractivity contribution in [3.8, 4) is 0 Å². The molecule has 0 fully saturated rings. The minimum absolute atomic E-state index is 0.813. The normalized spacial score (nSPS) is 9.84. The molecular formula is C17H22N2. The van der Waals surface area contributed by atoms with Crippen molar-refractivity contribution in [2.24, 2.45) is 0 Å². The summed E-state index contributed by atoms with van der Waals surface area (Å²) in [5, 5.41) is 0. The Balaban J connectivity index is 0.000000191. The number of rotatable bonds is 2. The van der Waals surface area contributed by atoms with Crippen LogP contribution in [0.2, 0.25) is 0 Å². The van der Waals surface area contributed by atoms with Crippen molar-refractivity contribution in [1.29, 1.82) is 0 Å². The molecule has 0 aromatic heterocycles. The number of para-hydroxylation sites is 1. The second kappa shape index (κ2) is 7.98. The van der Waals surface area contributed by atoms with Gasteiger partial charge < -0.3 is 10.6 Å². The predicted molar refractivity (Wildman–Crippen MR) is 86.3 cm³/mol. The van der Waals surface area contributed by atoms with E-state index in [9.17, 15) is 0 Å². The Labute approximate surface area is 116 Å². The zero-order valence-corrected chi connectivity index (χ0v) is 11.9. The minimum atomic E-state index is 0.813. The van der Waals surface area contributed by atoms with Gasteiger partial charge in [0.1, 0.15) is 0 Å². The Morgan fingerprint density at radius 3 is 1.89 bits per heavy atom. The average molecular weight is 254 g/mol. The number of nitrogens with two attached hydrogens (primary N) is 1. The fourth-order valence-electron chi connectivity index (χ4n) is 1.53. The van der Waals surface area contributed by atoms with Crippen LogP contribution in [0.25, 0.3) is 6.08 Å². The van der Waals surface area contributed by atoms with Crippen LogP contribution in [0.5, 0.6) is 0 Å². The van der Waals surface area contributed by atoms with Gasteiger partial charge in [-0.1, -0.05) is 42.5 Å². The molecule has 0 saturated carbocycles. The number of allylic oxidation sites excluding steroid dienone is 1. The fraction of sp³-hybridized carbons (Fsp3) is 0.176. The van der Waals surface area contributed by atoms with E-state index >= 15 is 0 Å². The van der Waals surface area contributed by atoms with Crippen molar-refractivity contribution in [1.82, 2.24) is 0 Å². The summed E-state index contributed by atoms with van der Waals surface area (Å²) in [6.07, 6.45) is 4.05. The molecule has 0 heterocycles. The second-order valence-corrected chi connectivity index (χ2v) is 4.40. The van der Waals surface area contributed by atoms with Gasteiger partial charge in [0.25, 0.3) is 0 Å². The molecule has 2 heteroatoms. The minimum Gasteiger partial charge on any atom is -0.399 e. The number of nitrogen functional groups attached to an aromatic ring is 1. The molecule has 0 radical (unpaired) electrons. The van der Waals surface area contributed by atoms with Gasteiger partial charge in [-0.2, -0.15) is 0 Å². The molecule has 0 aliphatic rings. The molecule has 2 N–H and O–H groups in total. The highest BCUT2D eigenvalue weighted by molar-refractivity contribution is 5.52. The summed E-state index contributed by atoms with van der Waals surface area (Å²) in [6.45, 7) is 2.00. The lowest BCUT2D eigenvalue weighted by Gasteiger charge is -2.10. The monoisotopic (exact) mass is 254 g/mol. The number of benzene rings is 2. The zero-order valence-electron chi connectivity index (χ0n) is 11.9. The van der Waals surface area contributed by atoms with Crippen LogP contribution in [0.3, 0.4) is 0 Å². The van der Waals surface area contributed by atoms with Gasteiger partial charge >= 0.3 is 0 Å². The van der Waals surface area contributed by atoms with Crippen LogP contribution in [0.4, 0.5) is 11.4 Å². The van der Waals surface area contributed by atoms with E-state index in [1.54, 1.807) is 0 Å². The lowest BCUT2D eigenvalue weighted by atomic mass is 10.2. The summed E-state index contributed by atoms with van der Waals surface area (Å²) in [7, 11) is 4.07. The van der Waals surface area contributed by atoms with Crippen molar-refractivity contribution in [2.75, 3.05) is 24.7 Å². The van der Waals surface area contributed by atoms with Crippen LogP contribution in [0.1, 0.15) is 12.5 Å². The van der Waals surface area contributed by atoms with Crippen molar-refractivity contribution < 1.29 is 0 Å². The van der Waals surface area contributed by atoms with Crippen molar-refractivity contribution in [2.45, 2.75) is 6.92 Å². The molecule has 0 aliphatic heterocycles. The molecule has 2 aromatic carbocycles. The molecule has 0 aliphatic carbocycles. The van der Waals surface area contributed by atoms with Gasteiger partial charge in [0.05, 0.1) is 0 Å². The number of hydrogen-bond donors (Lipinski definition) is 1. The molecule has 0 saturated heterocycles. The van der Waals surface area contributed by atoms with Gasteiger partial charge in [0, 0.05) is 25.5 Å². The van der Waals surface area contributed by atoms with E-state index in [0.717, 1.165) is 5.69 Å². The lowest BCUT2D eigenvalue weighted by molar-refractivity contribution is 1.13. The Bertz CT molecular complexity index is 484. The maximum atomic E-state index is 5.50. The first-order valence-electron chi connectivity index (χ1n) is 6.34. The highest BCUT2D eigenvalue weighted by atomic mass is 15.1. The first-order chi connectivity index (χ1) is 9.13. The second-order valence-electron chi connectivity index (χ2n) is 4.40. The summed E-state index contributed by atoms with van der Waals surface area (Å²) < 4.78 is 0. The van der Waals surface area contributed by atoms with Crippen LogP contribution >= 0.6 is 0 Å². The third-order valence-corrected chi connectivity index (χ3v) is 2.57. The molecule has 0 unspecified atom stereocenters. The maximum absolute atomic E-state index is 5.50. The van der Waals surface area contributed by atoms with Crippen LogP contribution in [0, 0.1) is 0 Å². The van der Waals surface area contributed by atoms with Crippen LogP contribution in [-0.2, 0) is 0 Å². The third-order valence-electron chi connectivity index (χ3n) is 2.57. The summed E-state index contributed by atoms with van der Waals surface area (Å²) in [5.74, 6) is 0. The summed E-state index contributed by atoms with van der Waals surface area (Å²) in [5.41, 5.74) is 8.75. The van der Waals surface area contributed by atoms with Crippen LogP contribution in [-0.4, -0.2) is 14.1 Å². The Kier molecular flexibility index (Phi) is 6.23. The summed E-state index contributed by atoms with van der Waals surface area (Å²) in [6, 6.07) is 18.0. The smallest absolute Gasteiger partial charge is 0.0360 e. The molecule has 0 atom stereocenters. The first-order valence-corrected chi connectivity index (χ1v) is 6.34. The molecule has 19 heavy (non-hydrogen) atoms. The molecular weight excluding hydrogens is 232 g/mol. The number of anilines is 2.